The van der Waals surface area contributed by atoms with Gasteiger partial charge in [0.1, 0.15) is 0 Å². The Morgan fingerprint density at radius 2 is 2.22 bits per heavy atom. The molecule has 1 unspecified atom stereocenters. The van der Waals surface area contributed by atoms with Crippen molar-refractivity contribution in [2.24, 2.45) is 0 Å². The standard InChI is InChI=1S/C15H20N2S/c1-4-6-16-15(13-5-7-18-10-13)14-12(3)8-11(2)9-17-14/h5,7-10,15-16H,4,6H2,1-3H3. The predicted molar refractivity (Wildman–Crippen MR) is 78.2 cm³/mol. The highest BCUT2D eigenvalue weighted by Crippen LogP contribution is 2.25. The van der Waals surface area contributed by atoms with Gasteiger partial charge in [-0.1, -0.05) is 13.0 Å². The molecule has 0 aromatic carbocycles. The van der Waals surface area contributed by atoms with Gasteiger partial charge in [0.15, 0.2) is 0 Å². The summed E-state index contributed by atoms with van der Waals surface area (Å²) >= 11 is 1.74. The summed E-state index contributed by atoms with van der Waals surface area (Å²) in [5.74, 6) is 0. The molecule has 0 saturated heterocycles. The fourth-order valence-corrected chi connectivity index (χ4v) is 2.81. The number of nitrogens with one attached hydrogen (secondary N) is 1. The fraction of sp³-hybridized carbons (Fsp3) is 0.400. The Labute approximate surface area is 113 Å². The Hall–Kier alpha value is -1.19. The molecule has 18 heavy (non-hydrogen) atoms. The van der Waals surface area contributed by atoms with Crippen LogP contribution < -0.4 is 5.32 Å². The first kappa shape index (κ1) is 13.2. The minimum atomic E-state index is 0.219. The summed E-state index contributed by atoms with van der Waals surface area (Å²) in [7, 11) is 0. The molecule has 0 aliphatic heterocycles. The van der Waals surface area contributed by atoms with Crippen molar-refractivity contribution in [2.75, 3.05) is 6.54 Å². The summed E-state index contributed by atoms with van der Waals surface area (Å²) in [6, 6.07) is 4.60. The van der Waals surface area contributed by atoms with Crippen molar-refractivity contribution in [1.29, 1.82) is 0 Å². The van der Waals surface area contributed by atoms with E-state index in [9.17, 15) is 0 Å². The van der Waals surface area contributed by atoms with Gasteiger partial charge >= 0.3 is 0 Å². The summed E-state index contributed by atoms with van der Waals surface area (Å²) in [5, 5.41) is 7.92. The number of nitrogens with zero attached hydrogens (tertiary/aromatic N) is 1. The molecule has 1 N–H and O–H groups in total. The highest BCUT2D eigenvalue weighted by Gasteiger charge is 2.17. The van der Waals surface area contributed by atoms with Gasteiger partial charge in [-0.05, 0) is 60.3 Å². The van der Waals surface area contributed by atoms with Crippen LogP contribution in [0.25, 0.3) is 0 Å². The van der Waals surface area contributed by atoms with Crippen molar-refractivity contribution < 1.29 is 0 Å². The molecule has 0 fully saturated rings. The van der Waals surface area contributed by atoms with Crippen LogP contribution >= 0.6 is 11.3 Å². The molecule has 2 nitrogen and oxygen atoms in total. The minimum absolute atomic E-state index is 0.219. The van der Waals surface area contributed by atoms with Crippen LogP contribution in [0, 0.1) is 13.8 Å². The van der Waals surface area contributed by atoms with Crippen LogP contribution in [0.2, 0.25) is 0 Å². The maximum absolute atomic E-state index is 4.63. The molecule has 0 spiro atoms. The van der Waals surface area contributed by atoms with E-state index in [1.807, 2.05) is 6.20 Å². The van der Waals surface area contributed by atoms with E-state index in [2.05, 4.69) is 54.0 Å². The zero-order valence-corrected chi connectivity index (χ0v) is 12.1. The lowest BCUT2D eigenvalue weighted by Gasteiger charge is -2.19. The van der Waals surface area contributed by atoms with Gasteiger partial charge in [0.25, 0.3) is 0 Å². The van der Waals surface area contributed by atoms with Crippen molar-refractivity contribution in [3.05, 3.63) is 51.5 Å². The third-order valence-corrected chi connectivity index (χ3v) is 3.71. The van der Waals surface area contributed by atoms with Crippen LogP contribution in [-0.4, -0.2) is 11.5 Å². The second-order valence-corrected chi connectivity index (χ2v) is 5.44. The number of hydrogen-bond donors (Lipinski definition) is 1. The molecule has 0 saturated carbocycles. The Morgan fingerprint density at radius 1 is 1.39 bits per heavy atom. The average molecular weight is 260 g/mol. The zero-order chi connectivity index (χ0) is 13.0. The molecule has 2 aromatic rings. The molecule has 2 rings (SSSR count). The molecule has 1 atom stereocenters. The molecule has 0 radical (unpaired) electrons. The first-order valence-electron chi connectivity index (χ1n) is 6.41. The molecule has 2 heterocycles. The molecule has 0 bridgehead atoms. The maximum atomic E-state index is 4.63. The van der Waals surface area contributed by atoms with E-state index in [1.54, 1.807) is 11.3 Å². The number of hydrogen-bond acceptors (Lipinski definition) is 3. The van der Waals surface area contributed by atoms with E-state index in [4.69, 9.17) is 0 Å². The van der Waals surface area contributed by atoms with Gasteiger partial charge in [-0.15, -0.1) is 0 Å². The number of aryl methyl sites for hydroxylation is 2. The minimum Gasteiger partial charge on any atom is -0.305 e. The van der Waals surface area contributed by atoms with E-state index in [0.29, 0.717) is 0 Å². The Kier molecular flexibility index (Phi) is 4.50. The number of thiophene rings is 1. The Balaban J connectivity index is 2.33. The summed E-state index contributed by atoms with van der Waals surface area (Å²) in [6.07, 6.45) is 3.08. The topological polar surface area (TPSA) is 24.9 Å². The summed E-state index contributed by atoms with van der Waals surface area (Å²) in [6.45, 7) is 7.42. The van der Waals surface area contributed by atoms with Crippen molar-refractivity contribution in [2.45, 2.75) is 33.2 Å². The van der Waals surface area contributed by atoms with Crippen molar-refractivity contribution in [1.82, 2.24) is 10.3 Å². The van der Waals surface area contributed by atoms with Crippen molar-refractivity contribution in [3.63, 3.8) is 0 Å². The highest BCUT2D eigenvalue weighted by atomic mass is 32.1. The highest BCUT2D eigenvalue weighted by molar-refractivity contribution is 7.08. The molecule has 2 aromatic heterocycles. The Morgan fingerprint density at radius 3 is 2.83 bits per heavy atom. The van der Waals surface area contributed by atoms with Crippen LogP contribution in [0.4, 0.5) is 0 Å². The second-order valence-electron chi connectivity index (χ2n) is 4.66. The number of rotatable bonds is 5. The normalized spacial score (nSPS) is 12.6. The first-order chi connectivity index (χ1) is 8.72. The van der Waals surface area contributed by atoms with E-state index in [1.165, 1.54) is 16.7 Å². The first-order valence-corrected chi connectivity index (χ1v) is 7.35. The van der Waals surface area contributed by atoms with Gasteiger partial charge < -0.3 is 5.32 Å². The number of pyridine rings is 1. The molecule has 3 heteroatoms. The van der Waals surface area contributed by atoms with Gasteiger partial charge in [-0.2, -0.15) is 11.3 Å². The second kappa shape index (κ2) is 6.12. The third kappa shape index (κ3) is 2.98. The Bertz CT molecular complexity index is 491. The lowest BCUT2D eigenvalue weighted by atomic mass is 10.0. The molecule has 0 amide bonds. The van der Waals surface area contributed by atoms with Gasteiger partial charge in [-0.3, -0.25) is 4.98 Å². The van der Waals surface area contributed by atoms with Crippen LogP contribution in [0.3, 0.4) is 0 Å². The smallest absolute Gasteiger partial charge is 0.0762 e. The SMILES string of the molecule is CCCNC(c1ccsc1)c1ncc(C)cc1C. The average Bonchev–Trinajstić information content (AvgIpc) is 2.85. The van der Waals surface area contributed by atoms with Crippen LogP contribution in [-0.2, 0) is 0 Å². The molecule has 96 valence electrons. The summed E-state index contributed by atoms with van der Waals surface area (Å²) < 4.78 is 0. The van der Waals surface area contributed by atoms with E-state index >= 15 is 0 Å². The third-order valence-electron chi connectivity index (χ3n) is 3.00. The van der Waals surface area contributed by atoms with Gasteiger partial charge in [0.2, 0.25) is 0 Å². The number of aromatic nitrogens is 1. The fourth-order valence-electron chi connectivity index (χ4n) is 2.13. The largest absolute Gasteiger partial charge is 0.305 e. The van der Waals surface area contributed by atoms with Gasteiger partial charge in [0, 0.05) is 6.20 Å². The quantitative estimate of drug-likeness (QED) is 0.883. The predicted octanol–water partition coefficient (Wildman–Crippen LogP) is 3.85. The lowest BCUT2D eigenvalue weighted by molar-refractivity contribution is 0.585. The monoisotopic (exact) mass is 260 g/mol. The van der Waals surface area contributed by atoms with Crippen LogP contribution in [0.5, 0.6) is 0 Å². The zero-order valence-electron chi connectivity index (χ0n) is 11.2. The van der Waals surface area contributed by atoms with Crippen LogP contribution in [0.15, 0.2) is 29.1 Å². The van der Waals surface area contributed by atoms with Crippen molar-refractivity contribution in [3.8, 4) is 0 Å². The van der Waals surface area contributed by atoms with Gasteiger partial charge in [-0.25, -0.2) is 0 Å². The lowest BCUT2D eigenvalue weighted by Crippen LogP contribution is -2.24. The van der Waals surface area contributed by atoms with E-state index < -0.39 is 0 Å². The van der Waals surface area contributed by atoms with E-state index in [-0.39, 0.29) is 6.04 Å². The molecular formula is C15H20N2S. The van der Waals surface area contributed by atoms with E-state index in [0.717, 1.165) is 18.7 Å². The summed E-state index contributed by atoms with van der Waals surface area (Å²) in [5.41, 5.74) is 4.94. The van der Waals surface area contributed by atoms with Gasteiger partial charge in [0.05, 0.1) is 11.7 Å². The van der Waals surface area contributed by atoms with Crippen molar-refractivity contribution >= 4 is 11.3 Å². The molecule has 0 aliphatic rings. The maximum Gasteiger partial charge on any atom is 0.0762 e. The molecular weight excluding hydrogens is 240 g/mol. The molecule has 0 aliphatic carbocycles. The summed E-state index contributed by atoms with van der Waals surface area (Å²) in [4.78, 5) is 4.63. The van der Waals surface area contributed by atoms with Crippen LogP contribution in [0.1, 0.15) is 41.8 Å².